The zero-order valence-corrected chi connectivity index (χ0v) is 17.1. The molecule has 0 radical (unpaired) electrons. The van der Waals surface area contributed by atoms with Crippen LogP contribution >= 0.6 is 0 Å². The van der Waals surface area contributed by atoms with Gasteiger partial charge in [-0.25, -0.2) is 4.39 Å². The second-order valence-electron chi connectivity index (χ2n) is 7.34. The van der Waals surface area contributed by atoms with Crippen LogP contribution in [0.5, 0.6) is 5.75 Å². The summed E-state index contributed by atoms with van der Waals surface area (Å²) in [6.07, 6.45) is 2.34. The largest absolute Gasteiger partial charge is 0.492 e. The predicted molar refractivity (Wildman–Crippen MR) is 116 cm³/mol. The molecule has 0 spiro atoms. The van der Waals surface area contributed by atoms with E-state index in [4.69, 9.17) is 4.74 Å². The number of nitrogens with zero attached hydrogens (tertiary/aromatic N) is 3. The highest BCUT2D eigenvalue weighted by atomic mass is 19.1. The van der Waals surface area contributed by atoms with Crippen LogP contribution in [0, 0.1) is 12.7 Å². The minimum atomic E-state index is -0.473. The number of aromatic nitrogens is 3. The van der Waals surface area contributed by atoms with Crippen molar-refractivity contribution in [2.24, 2.45) is 0 Å². The fourth-order valence-corrected chi connectivity index (χ4v) is 3.96. The molecule has 0 unspecified atom stereocenters. The van der Waals surface area contributed by atoms with Gasteiger partial charge in [0, 0.05) is 30.4 Å². The van der Waals surface area contributed by atoms with Gasteiger partial charge in [-0.2, -0.15) is 0 Å². The summed E-state index contributed by atoms with van der Waals surface area (Å²) in [7, 11) is 1.42. The molecule has 1 aliphatic heterocycles. The molecule has 2 N–H and O–H groups in total. The Balaban J connectivity index is 1.76. The normalized spacial score (nSPS) is 13.1. The van der Waals surface area contributed by atoms with E-state index in [2.05, 4.69) is 20.7 Å². The van der Waals surface area contributed by atoms with Crippen LogP contribution < -0.4 is 15.5 Å². The molecule has 0 saturated carbocycles. The van der Waals surface area contributed by atoms with Crippen LogP contribution in [-0.2, 0) is 6.42 Å². The van der Waals surface area contributed by atoms with Gasteiger partial charge >= 0.3 is 0 Å². The van der Waals surface area contributed by atoms with E-state index >= 15 is 0 Å². The van der Waals surface area contributed by atoms with Crippen molar-refractivity contribution in [3.63, 3.8) is 0 Å². The maximum Gasteiger partial charge on any atom is 0.253 e. The Bertz CT molecular complexity index is 1330. The van der Waals surface area contributed by atoms with E-state index in [9.17, 15) is 9.18 Å². The summed E-state index contributed by atoms with van der Waals surface area (Å²) in [6, 6.07) is 12.2. The van der Waals surface area contributed by atoms with Crippen molar-refractivity contribution in [2.45, 2.75) is 13.3 Å². The number of amides is 1. The highest BCUT2D eigenvalue weighted by molar-refractivity contribution is 6.00. The standard InChI is InChI=1S/C23H20FN5O2/c1-13-6-7-17-21(27-13)14(8-10-25-17)20-12-15-19(9-11-26-23(15)30)29(20)28-18-5-3-4-16(24)22(18)31-2/h3-8,10,12,28H,9,11H2,1-2H3,(H,26,30). The molecule has 1 amide bonds. The number of aryl methyl sites for hydroxylation is 1. The SMILES string of the molecule is COc1c(F)cccc1Nn1c(-c2ccnc3ccc(C)nc23)cc2c1CCNC2=O. The molecule has 31 heavy (non-hydrogen) atoms. The average molecular weight is 417 g/mol. The van der Waals surface area contributed by atoms with Gasteiger partial charge in [-0.05, 0) is 43.3 Å². The number of pyridine rings is 2. The van der Waals surface area contributed by atoms with Crippen LogP contribution in [0.2, 0.25) is 0 Å². The lowest BCUT2D eigenvalue weighted by Crippen LogP contribution is -2.33. The number of hydrogen-bond acceptors (Lipinski definition) is 5. The number of rotatable bonds is 4. The Kier molecular flexibility index (Phi) is 4.54. The Labute approximate surface area is 177 Å². The van der Waals surface area contributed by atoms with E-state index in [-0.39, 0.29) is 11.7 Å². The molecule has 0 atom stereocenters. The molecule has 4 heterocycles. The van der Waals surface area contributed by atoms with E-state index in [1.54, 1.807) is 18.3 Å². The summed E-state index contributed by atoms with van der Waals surface area (Å²) in [5, 5.41) is 2.88. The van der Waals surface area contributed by atoms with Gasteiger partial charge in [0.1, 0.15) is 0 Å². The number of anilines is 1. The quantitative estimate of drug-likeness (QED) is 0.529. The number of benzene rings is 1. The molecule has 4 aromatic rings. The molecule has 0 bridgehead atoms. The van der Waals surface area contributed by atoms with Gasteiger partial charge in [0.25, 0.3) is 5.91 Å². The number of fused-ring (bicyclic) bond motifs is 2. The molecule has 0 saturated heterocycles. The molecule has 1 aromatic carbocycles. The fraction of sp³-hybridized carbons (Fsp3) is 0.174. The summed E-state index contributed by atoms with van der Waals surface area (Å²) in [6.45, 7) is 2.44. The first kappa shape index (κ1) is 19.0. The fourth-order valence-electron chi connectivity index (χ4n) is 3.96. The number of carbonyl (C=O) groups excluding carboxylic acids is 1. The van der Waals surface area contributed by atoms with Crippen LogP contribution in [0.15, 0.2) is 48.7 Å². The predicted octanol–water partition coefficient (Wildman–Crippen LogP) is 3.72. The third-order valence-electron chi connectivity index (χ3n) is 5.40. The molecular formula is C23H20FN5O2. The summed E-state index contributed by atoms with van der Waals surface area (Å²) in [5.41, 5.74) is 8.99. The molecule has 156 valence electrons. The summed E-state index contributed by atoms with van der Waals surface area (Å²) in [4.78, 5) is 21.7. The van der Waals surface area contributed by atoms with Gasteiger partial charge in [-0.15, -0.1) is 0 Å². The zero-order valence-electron chi connectivity index (χ0n) is 17.1. The van der Waals surface area contributed by atoms with Crippen molar-refractivity contribution in [3.8, 4) is 17.0 Å². The van der Waals surface area contributed by atoms with E-state index in [1.807, 2.05) is 35.9 Å². The molecule has 1 aliphatic rings. The zero-order chi connectivity index (χ0) is 21.5. The van der Waals surface area contributed by atoms with E-state index in [1.165, 1.54) is 13.2 Å². The number of ether oxygens (including phenoxy) is 1. The monoisotopic (exact) mass is 417 g/mol. The number of carbonyl (C=O) groups is 1. The second kappa shape index (κ2) is 7.39. The summed E-state index contributed by atoms with van der Waals surface area (Å²) >= 11 is 0. The highest BCUT2D eigenvalue weighted by Crippen LogP contribution is 2.34. The first-order chi connectivity index (χ1) is 15.1. The van der Waals surface area contributed by atoms with Crippen molar-refractivity contribution >= 4 is 22.6 Å². The number of halogens is 1. The van der Waals surface area contributed by atoms with Crippen molar-refractivity contribution < 1.29 is 13.9 Å². The minimum Gasteiger partial charge on any atom is -0.492 e. The van der Waals surface area contributed by atoms with E-state index in [0.29, 0.717) is 24.2 Å². The van der Waals surface area contributed by atoms with Gasteiger partial charge in [0.2, 0.25) is 0 Å². The Hall–Kier alpha value is -3.94. The van der Waals surface area contributed by atoms with Crippen LogP contribution in [0.25, 0.3) is 22.3 Å². The van der Waals surface area contributed by atoms with Crippen LogP contribution in [0.1, 0.15) is 21.7 Å². The topological polar surface area (TPSA) is 81.1 Å². The number of nitrogens with one attached hydrogen (secondary N) is 2. The number of hydrogen-bond donors (Lipinski definition) is 2. The molecular weight excluding hydrogens is 397 g/mol. The van der Waals surface area contributed by atoms with E-state index in [0.717, 1.165) is 33.7 Å². The Morgan fingerprint density at radius 2 is 2.06 bits per heavy atom. The van der Waals surface area contributed by atoms with Gasteiger partial charge in [-0.3, -0.25) is 24.9 Å². The Morgan fingerprint density at radius 1 is 1.19 bits per heavy atom. The molecule has 0 fully saturated rings. The minimum absolute atomic E-state index is 0.102. The summed E-state index contributed by atoms with van der Waals surface area (Å²) < 4.78 is 21.4. The Morgan fingerprint density at radius 3 is 2.90 bits per heavy atom. The van der Waals surface area contributed by atoms with Crippen molar-refractivity contribution in [3.05, 3.63) is 71.4 Å². The van der Waals surface area contributed by atoms with Crippen molar-refractivity contribution in [1.82, 2.24) is 20.0 Å². The molecule has 7 nitrogen and oxygen atoms in total. The van der Waals surface area contributed by atoms with Crippen LogP contribution in [0.4, 0.5) is 10.1 Å². The third-order valence-corrected chi connectivity index (χ3v) is 5.40. The van der Waals surface area contributed by atoms with Crippen LogP contribution in [-0.4, -0.2) is 34.2 Å². The van der Waals surface area contributed by atoms with E-state index < -0.39 is 5.82 Å². The first-order valence-corrected chi connectivity index (χ1v) is 9.92. The summed E-state index contributed by atoms with van der Waals surface area (Å²) in [5.74, 6) is -0.513. The first-order valence-electron chi connectivity index (χ1n) is 9.92. The van der Waals surface area contributed by atoms with Crippen molar-refractivity contribution in [1.29, 1.82) is 0 Å². The lowest BCUT2D eigenvalue weighted by Gasteiger charge is -2.20. The number of para-hydroxylation sites is 1. The maximum atomic E-state index is 14.3. The number of methoxy groups -OCH3 is 1. The van der Waals surface area contributed by atoms with Crippen LogP contribution in [0.3, 0.4) is 0 Å². The van der Waals surface area contributed by atoms with Gasteiger partial charge < -0.3 is 10.1 Å². The molecule has 0 aliphatic carbocycles. The van der Waals surface area contributed by atoms with Crippen molar-refractivity contribution in [2.75, 3.05) is 19.1 Å². The maximum absolute atomic E-state index is 14.3. The lowest BCUT2D eigenvalue weighted by atomic mass is 10.1. The van der Waals surface area contributed by atoms with Gasteiger partial charge in [0.05, 0.1) is 40.8 Å². The molecule has 5 rings (SSSR count). The average Bonchev–Trinajstić information content (AvgIpc) is 3.13. The second-order valence-corrected chi connectivity index (χ2v) is 7.34. The van der Waals surface area contributed by atoms with Gasteiger partial charge in [-0.1, -0.05) is 6.07 Å². The molecule has 3 aromatic heterocycles. The van der Waals surface area contributed by atoms with Gasteiger partial charge in [0.15, 0.2) is 11.6 Å². The highest BCUT2D eigenvalue weighted by Gasteiger charge is 2.26. The smallest absolute Gasteiger partial charge is 0.253 e. The third kappa shape index (κ3) is 3.16. The molecule has 8 heteroatoms. The lowest BCUT2D eigenvalue weighted by molar-refractivity contribution is 0.0945.